The largest absolute Gasteiger partial charge is 0.409 e. The van der Waals surface area contributed by atoms with Crippen molar-refractivity contribution in [3.05, 3.63) is 51.7 Å². The number of amidine groups is 1. The smallest absolute Gasteiger partial charge is 0.265 e. The monoisotopic (exact) mass is 289 g/mol. The second-order valence-electron chi connectivity index (χ2n) is 4.14. The third kappa shape index (κ3) is 3.16. The predicted molar refractivity (Wildman–Crippen MR) is 80.6 cm³/mol. The number of thiophene rings is 1. The molecule has 1 aromatic heterocycles. The molecule has 1 amide bonds. The van der Waals surface area contributed by atoms with Gasteiger partial charge in [-0.15, -0.1) is 11.3 Å². The molecule has 4 N–H and O–H groups in total. The van der Waals surface area contributed by atoms with Gasteiger partial charge in [-0.3, -0.25) is 4.79 Å². The third-order valence-electron chi connectivity index (χ3n) is 2.76. The Morgan fingerprint density at radius 3 is 2.85 bits per heavy atom. The zero-order valence-electron chi connectivity index (χ0n) is 11.0. The number of aryl methyl sites for hydroxylation is 1. The molecule has 104 valence electrons. The van der Waals surface area contributed by atoms with Gasteiger partial charge in [0.25, 0.3) is 5.91 Å². The van der Waals surface area contributed by atoms with Crippen molar-refractivity contribution in [1.82, 2.24) is 0 Å². The number of anilines is 1. The molecule has 0 spiro atoms. The van der Waals surface area contributed by atoms with Gasteiger partial charge in [-0.25, -0.2) is 0 Å². The van der Waals surface area contributed by atoms with Gasteiger partial charge in [0.15, 0.2) is 5.84 Å². The van der Waals surface area contributed by atoms with E-state index in [1.54, 1.807) is 24.3 Å². The fraction of sp³-hybridized carbons (Fsp3) is 0.143. The first-order valence-electron chi connectivity index (χ1n) is 6.12. The van der Waals surface area contributed by atoms with Gasteiger partial charge in [-0.05, 0) is 30.7 Å². The number of carbonyl (C=O) groups excluding carboxylic acids is 1. The highest BCUT2D eigenvalue weighted by atomic mass is 32.1. The average Bonchev–Trinajstić information content (AvgIpc) is 2.95. The highest BCUT2D eigenvalue weighted by molar-refractivity contribution is 7.14. The molecule has 0 aliphatic carbocycles. The van der Waals surface area contributed by atoms with Crippen LogP contribution in [0.3, 0.4) is 0 Å². The molecule has 0 unspecified atom stereocenters. The van der Waals surface area contributed by atoms with Gasteiger partial charge in [-0.2, -0.15) is 0 Å². The molecule has 0 saturated carbocycles. The van der Waals surface area contributed by atoms with Crippen LogP contribution in [0.4, 0.5) is 5.69 Å². The quantitative estimate of drug-likeness (QED) is 0.350. The number of amides is 1. The summed E-state index contributed by atoms with van der Waals surface area (Å²) in [6.45, 7) is 2.05. The maximum Gasteiger partial charge on any atom is 0.265 e. The Balaban J connectivity index is 2.15. The van der Waals surface area contributed by atoms with E-state index in [9.17, 15) is 4.79 Å². The molecule has 0 aliphatic rings. The van der Waals surface area contributed by atoms with E-state index < -0.39 is 0 Å². The van der Waals surface area contributed by atoms with Crippen molar-refractivity contribution >= 4 is 28.8 Å². The van der Waals surface area contributed by atoms with Gasteiger partial charge in [0.05, 0.1) is 4.88 Å². The third-order valence-corrected chi connectivity index (χ3v) is 3.99. The van der Waals surface area contributed by atoms with E-state index in [0.29, 0.717) is 16.1 Å². The van der Waals surface area contributed by atoms with Gasteiger partial charge < -0.3 is 16.3 Å². The molecule has 20 heavy (non-hydrogen) atoms. The Morgan fingerprint density at radius 2 is 2.20 bits per heavy atom. The molecule has 0 saturated heterocycles. The number of nitrogens with one attached hydrogen (secondary N) is 1. The molecule has 0 aliphatic heterocycles. The zero-order valence-corrected chi connectivity index (χ0v) is 11.8. The van der Waals surface area contributed by atoms with Crippen LogP contribution in [0.1, 0.15) is 27.0 Å². The molecule has 1 heterocycles. The summed E-state index contributed by atoms with van der Waals surface area (Å²) in [7, 11) is 0. The van der Waals surface area contributed by atoms with E-state index in [0.717, 1.165) is 6.42 Å². The lowest BCUT2D eigenvalue weighted by molar-refractivity contribution is 0.103. The molecule has 0 radical (unpaired) electrons. The highest BCUT2D eigenvalue weighted by Gasteiger charge is 2.09. The summed E-state index contributed by atoms with van der Waals surface area (Å²) in [5.74, 6) is -0.156. The Labute approximate surface area is 120 Å². The molecule has 2 rings (SSSR count). The number of carbonyl (C=O) groups is 1. The van der Waals surface area contributed by atoms with E-state index >= 15 is 0 Å². The minimum atomic E-state index is -0.161. The number of nitrogens with two attached hydrogens (primary N) is 1. The first kappa shape index (κ1) is 14.1. The van der Waals surface area contributed by atoms with Crippen molar-refractivity contribution < 1.29 is 10.0 Å². The van der Waals surface area contributed by atoms with Gasteiger partial charge in [0.2, 0.25) is 0 Å². The van der Waals surface area contributed by atoms with E-state index in [1.807, 2.05) is 19.1 Å². The summed E-state index contributed by atoms with van der Waals surface area (Å²) in [5.41, 5.74) is 6.67. The van der Waals surface area contributed by atoms with Crippen LogP contribution in [0.15, 0.2) is 41.6 Å². The van der Waals surface area contributed by atoms with E-state index in [4.69, 9.17) is 10.9 Å². The van der Waals surface area contributed by atoms with Crippen molar-refractivity contribution in [3.8, 4) is 0 Å². The average molecular weight is 289 g/mol. The standard InChI is InChI=1S/C14H15N3O2S/c1-2-11-6-7-12(20-11)14(18)16-10-5-3-4-9(8-10)13(15)17-19/h3-8,19H,2H2,1H3,(H2,15,17)(H,16,18). The Kier molecular flexibility index (Phi) is 4.37. The fourth-order valence-electron chi connectivity index (χ4n) is 1.70. The lowest BCUT2D eigenvalue weighted by Gasteiger charge is -2.05. The summed E-state index contributed by atoms with van der Waals surface area (Å²) in [4.78, 5) is 13.9. The number of benzene rings is 1. The van der Waals surface area contributed by atoms with E-state index in [2.05, 4.69) is 10.5 Å². The molecule has 0 bridgehead atoms. The van der Waals surface area contributed by atoms with Crippen LogP contribution in [0, 0.1) is 0 Å². The highest BCUT2D eigenvalue weighted by Crippen LogP contribution is 2.19. The van der Waals surface area contributed by atoms with Gasteiger partial charge in [-0.1, -0.05) is 24.2 Å². The molecule has 0 atom stereocenters. The number of oxime groups is 1. The van der Waals surface area contributed by atoms with Crippen LogP contribution in [0.5, 0.6) is 0 Å². The van der Waals surface area contributed by atoms with Crippen LogP contribution in [-0.4, -0.2) is 17.0 Å². The van der Waals surface area contributed by atoms with Crippen LogP contribution < -0.4 is 11.1 Å². The van der Waals surface area contributed by atoms with E-state index in [1.165, 1.54) is 16.2 Å². The van der Waals surface area contributed by atoms with Crippen molar-refractivity contribution in [1.29, 1.82) is 0 Å². The fourth-order valence-corrected chi connectivity index (χ4v) is 2.54. The SMILES string of the molecule is CCc1ccc(C(=O)Nc2cccc(C(N)=NO)c2)s1. The topological polar surface area (TPSA) is 87.7 Å². The molecular formula is C14H15N3O2S. The Morgan fingerprint density at radius 1 is 1.40 bits per heavy atom. The van der Waals surface area contributed by atoms with Crippen LogP contribution in [0.2, 0.25) is 0 Å². The van der Waals surface area contributed by atoms with Crippen LogP contribution in [0.25, 0.3) is 0 Å². The maximum absolute atomic E-state index is 12.1. The number of rotatable bonds is 4. The van der Waals surface area contributed by atoms with E-state index in [-0.39, 0.29) is 11.7 Å². The van der Waals surface area contributed by atoms with Gasteiger partial charge >= 0.3 is 0 Å². The Bertz CT molecular complexity index is 649. The molecule has 5 nitrogen and oxygen atoms in total. The predicted octanol–water partition coefficient (Wildman–Crippen LogP) is 2.66. The second kappa shape index (κ2) is 6.21. The number of hydrogen-bond donors (Lipinski definition) is 3. The normalized spacial score (nSPS) is 11.3. The summed E-state index contributed by atoms with van der Waals surface area (Å²) in [6.07, 6.45) is 0.914. The maximum atomic E-state index is 12.1. The lowest BCUT2D eigenvalue weighted by Crippen LogP contribution is -2.14. The van der Waals surface area contributed by atoms with Crippen LogP contribution >= 0.6 is 11.3 Å². The summed E-state index contributed by atoms with van der Waals surface area (Å²) < 4.78 is 0. The van der Waals surface area contributed by atoms with Crippen molar-refractivity contribution in [3.63, 3.8) is 0 Å². The second-order valence-corrected chi connectivity index (χ2v) is 5.31. The van der Waals surface area contributed by atoms with Crippen LogP contribution in [-0.2, 0) is 6.42 Å². The first-order valence-corrected chi connectivity index (χ1v) is 6.93. The summed E-state index contributed by atoms with van der Waals surface area (Å²) >= 11 is 1.47. The summed E-state index contributed by atoms with van der Waals surface area (Å²) in [5, 5.41) is 14.4. The van der Waals surface area contributed by atoms with Gasteiger partial charge in [0, 0.05) is 16.1 Å². The van der Waals surface area contributed by atoms with Crippen molar-refractivity contribution in [2.75, 3.05) is 5.32 Å². The molecular weight excluding hydrogens is 274 g/mol. The lowest BCUT2D eigenvalue weighted by atomic mass is 10.2. The van der Waals surface area contributed by atoms with Crippen molar-refractivity contribution in [2.24, 2.45) is 10.9 Å². The number of hydrogen-bond acceptors (Lipinski definition) is 4. The van der Waals surface area contributed by atoms with Crippen molar-refractivity contribution in [2.45, 2.75) is 13.3 Å². The molecule has 6 heteroatoms. The molecule has 2 aromatic rings. The van der Waals surface area contributed by atoms with Gasteiger partial charge in [0.1, 0.15) is 0 Å². The minimum absolute atomic E-state index is 0.00509. The molecule has 1 aromatic carbocycles. The minimum Gasteiger partial charge on any atom is -0.409 e. The number of nitrogens with zero attached hydrogens (tertiary/aromatic N) is 1. The molecule has 0 fully saturated rings. The Hall–Kier alpha value is -2.34. The first-order chi connectivity index (χ1) is 9.63. The zero-order chi connectivity index (χ0) is 14.5. The summed E-state index contributed by atoms with van der Waals surface area (Å²) in [6, 6.07) is 10.6.